The molecule has 1 saturated heterocycles. The number of halogens is 1. The van der Waals surface area contributed by atoms with Gasteiger partial charge in [0.25, 0.3) is 0 Å². The first-order valence-electron chi connectivity index (χ1n) is 9.63. The number of amides is 1. The number of aryl methyl sites for hydroxylation is 1. The third-order valence-corrected chi connectivity index (χ3v) is 5.23. The van der Waals surface area contributed by atoms with E-state index in [0.29, 0.717) is 17.1 Å². The molecule has 1 aliphatic rings. The molecule has 1 unspecified atom stereocenters. The highest BCUT2D eigenvalue weighted by atomic mass is 35.5. The summed E-state index contributed by atoms with van der Waals surface area (Å²) in [6.07, 6.45) is 1.88. The second kappa shape index (κ2) is 9.87. The van der Waals surface area contributed by atoms with E-state index in [4.69, 9.17) is 16.3 Å². The van der Waals surface area contributed by atoms with Crippen molar-refractivity contribution in [2.45, 2.75) is 19.9 Å². The Labute approximate surface area is 172 Å². The largest absolute Gasteiger partial charge is 0.379 e. The van der Waals surface area contributed by atoms with Crippen LogP contribution in [0.1, 0.15) is 29.7 Å². The van der Waals surface area contributed by atoms with Crippen LogP contribution in [0.4, 0.5) is 0 Å². The van der Waals surface area contributed by atoms with Crippen molar-refractivity contribution in [1.82, 2.24) is 10.2 Å². The molecule has 3 rings (SSSR count). The number of morpholine rings is 1. The van der Waals surface area contributed by atoms with Gasteiger partial charge in [0.15, 0.2) is 0 Å². The molecule has 5 heteroatoms. The molecule has 2 aromatic rings. The lowest BCUT2D eigenvalue weighted by Crippen LogP contribution is -2.44. The van der Waals surface area contributed by atoms with Crippen molar-refractivity contribution < 1.29 is 9.53 Å². The number of hydrogen-bond acceptors (Lipinski definition) is 3. The van der Waals surface area contributed by atoms with Crippen molar-refractivity contribution in [3.63, 3.8) is 0 Å². The molecule has 1 amide bonds. The number of ether oxygens (including phenoxy) is 1. The summed E-state index contributed by atoms with van der Waals surface area (Å²) in [5, 5.41) is 3.80. The first-order valence-corrected chi connectivity index (χ1v) is 10.0. The van der Waals surface area contributed by atoms with Crippen LogP contribution in [0.25, 0.3) is 6.08 Å². The standard InChI is InChI=1S/C23H27ClN2O2/c1-17-4-3-5-20(14-17)22(26-10-12-28-13-11-26)16-25-23(27)18(2)15-19-6-8-21(24)9-7-19/h3-9,14-15,22H,10-13,16H2,1-2H3,(H,25,27)/b18-15+. The van der Waals surface area contributed by atoms with E-state index < -0.39 is 0 Å². The molecule has 0 aliphatic carbocycles. The first-order chi connectivity index (χ1) is 13.5. The van der Waals surface area contributed by atoms with E-state index >= 15 is 0 Å². The smallest absolute Gasteiger partial charge is 0.247 e. The summed E-state index contributed by atoms with van der Waals surface area (Å²) in [4.78, 5) is 15.0. The van der Waals surface area contributed by atoms with Crippen molar-refractivity contribution >= 4 is 23.6 Å². The molecule has 0 aromatic heterocycles. The molecular formula is C23H27ClN2O2. The number of carbonyl (C=O) groups excluding carboxylic acids is 1. The maximum atomic E-state index is 12.7. The highest BCUT2D eigenvalue weighted by Crippen LogP contribution is 2.22. The summed E-state index contributed by atoms with van der Waals surface area (Å²) >= 11 is 5.92. The van der Waals surface area contributed by atoms with Crippen LogP contribution in [-0.2, 0) is 9.53 Å². The summed E-state index contributed by atoms with van der Waals surface area (Å²) in [6, 6.07) is 16.1. The predicted octanol–water partition coefficient (Wildman–Crippen LogP) is 4.24. The van der Waals surface area contributed by atoms with Crippen molar-refractivity contribution in [3.05, 3.63) is 75.8 Å². The third kappa shape index (κ3) is 5.68. The summed E-state index contributed by atoms with van der Waals surface area (Å²) < 4.78 is 5.50. The number of carbonyl (C=O) groups is 1. The Hall–Kier alpha value is -2.14. The zero-order valence-corrected chi connectivity index (χ0v) is 17.2. The second-order valence-corrected chi connectivity index (χ2v) is 7.60. The summed E-state index contributed by atoms with van der Waals surface area (Å²) in [7, 11) is 0. The molecule has 2 aromatic carbocycles. The quantitative estimate of drug-likeness (QED) is 0.740. The Morgan fingerprint density at radius 3 is 2.61 bits per heavy atom. The van der Waals surface area contributed by atoms with Gasteiger partial charge in [0.1, 0.15) is 0 Å². The average Bonchev–Trinajstić information content (AvgIpc) is 2.70. The summed E-state index contributed by atoms with van der Waals surface area (Å²) in [6.45, 7) is 7.69. The number of rotatable bonds is 6. The van der Waals surface area contributed by atoms with Crippen LogP contribution in [0.15, 0.2) is 54.1 Å². The van der Waals surface area contributed by atoms with Crippen molar-refractivity contribution in [2.24, 2.45) is 0 Å². The van der Waals surface area contributed by atoms with Crippen LogP contribution < -0.4 is 5.32 Å². The van der Waals surface area contributed by atoms with Gasteiger partial charge in [-0.15, -0.1) is 0 Å². The van der Waals surface area contributed by atoms with Gasteiger partial charge < -0.3 is 10.1 Å². The number of benzene rings is 2. The maximum Gasteiger partial charge on any atom is 0.247 e. The Morgan fingerprint density at radius 2 is 1.93 bits per heavy atom. The Balaban J connectivity index is 1.70. The zero-order chi connectivity index (χ0) is 19.9. The minimum absolute atomic E-state index is 0.0548. The maximum absolute atomic E-state index is 12.7. The van der Waals surface area contributed by atoms with Gasteiger partial charge in [-0.3, -0.25) is 9.69 Å². The number of nitrogens with zero attached hydrogens (tertiary/aromatic N) is 1. The normalized spacial score (nSPS) is 16.6. The van der Waals surface area contributed by atoms with E-state index in [9.17, 15) is 4.79 Å². The SMILES string of the molecule is C/C(=C\c1ccc(Cl)cc1)C(=O)NCC(c1cccc(C)c1)N1CCOCC1. The fraction of sp³-hybridized carbons (Fsp3) is 0.348. The van der Waals surface area contributed by atoms with Gasteiger partial charge in [0.2, 0.25) is 5.91 Å². The van der Waals surface area contributed by atoms with E-state index in [1.165, 1.54) is 11.1 Å². The molecule has 1 heterocycles. The fourth-order valence-corrected chi connectivity index (χ4v) is 3.55. The average molecular weight is 399 g/mol. The number of nitrogens with one attached hydrogen (secondary N) is 1. The molecule has 148 valence electrons. The van der Waals surface area contributed by atoms with Crippen molar-refractivity contribution in [1.29, 1.82) is 0 Å². The topological polar surface area (TPSA) is 41.6 Å². The van der Waals surface area contributed by atoms with Gasteiger partial charge in [-0.1, -0.05) is 53.6 Å². The molecule has 0 spiro atoms. The van der Waals surface area contributed by atoms with Crippen LogP contribution in [0.3, 0.4) is 0 Å². The Bertz CT molecular complexity index is 827. The second-order valence-electron chi connectivity index (χ2n) is 7.17. The lowest BCUT2D eigenvalue weighted by molar-refractivity contribution is -0.117. The van der Waals surface area contributed by atoms with E-state index in [-0.39, 0.29) is 11.9 Å². The molecule has 0 saturated carbocycles. The first kappa shape index (κ1) is 20.6. The molecule has 1 fully saturated rings. The molecule has 1 atom stereocenters. The van der Waals surface area contributed by atoms with Crippen LogP contribution in [-0.4, -0.2) is 43.7 Å². The molecule has 4 nitrogen and oxygen atoms in total. The molecule has 28 heavy (non-hydrogen) atoms. The molecule has 0 bridgehead atoms. The van der Waals surface area contributed by atoms with E-state index in [1.54, 1.807) is 0 Å². The van der Waals surface area contributed by atoms with E-state index in [2.05, 4.69) is 41.4 Å². The highest BCUT2D eigenvalue weighted by Gasteiger charge is 2.23. The summed E-state index contributed by atoms with van der Waals surface area (Å²) in [5.74, 6) is -0.0548. The zero-order valence-electron chi connectivity index (χ0n) is 16.5. The lowest BCUT2D eigenvalue weighted by atomic mass is 10.0. The highest BCUT2D eigenvalue weighted by molar-refractivity contribution is 6.30. The lowest BCUT2D eigenvalue weighted by Gasteiger charge is -2.35. The van der Waals surface area contributed by atoms with E-state index in [0.717, 1.165) is 31.9 Å². The third-order valence-electron chi connectivity index (χ3n) is 4.98. The Kier molecular flexibility index (Phi) is 7.26. The number of hydrogen-bond donors (Lipinski definition) is 1. The van der Waals surface area contributed by atoms with Gasteiger partial charge in [0.05, 0.1) is 19.3 Å². The molecular weight excluding hydrogens is 372 g/mol. The van der Waals surface area contributed by atoms with Crippen LogP contribution in [0, 0.1) is 6.92 Å². The van der Waals surface area contributed by atoms with E-state index in [1.807, 2.05) is 37.3 Å². The van der Waals surface area contributed by atoms with Gasteiger partial charge in [-0.05, 0) is 43.2 Å². The van der Waals surface area contributed by atoms with Gasteiger partial charge in [0, 0.05) is 30.2 Å². The Morgan fingerprint density at radius 1 is 1.21 bits per heavy atom. The molecule has 1 N–H and O–H groups in total. The fourth-order valence-electron chi connectivity index (χ4n) is 3.43. The van der Waals surface area contributed by atoms with Crippen LogP contribution in [0.5, 0.6) is 0 Å². The van der Waals surface area contributed by atoms with Crippen molar-refractivity contribution in [2.75, 3.05) is 32.8 Å². The van der Waals surface area contributed by atoms with Crippen molar-refractivity contribution in [3.8, 4) is 0 Å². The van der Waals surface area contributed by atoms with Crippen LogP contribution in [0.2, 0.25) is 5.02 Å². The molecule has 0 radical (unpaired) electrons. The van der Waals surface area contributed by atoms with Gasteiger partial charge in [-0.2, -0.15) is 0 Å². The monoisotopic (exact) mass is 398 g/mol. The minimum Gasteiger partial charge on any atom is -0.379 e. The minimum atomic E-state index is -0.0548. The van der Waals surface area contributed by atoms with Gasteiger partial charge >= 0.3 is 0 Å². The summed E-state index contributed by atoms with van der Waals surface area (Å²) in [5.41, 5.74) is 4.08. The van der Waals surface area contributed by atoms with Crippen LogP contribution >= 0.6 is 11.6 Å². The predicted molar refractivity (Wildman–Crippen MR) is 114 cm³/mol. The van der Waals surface area contributed by atoms with Gasteiger partial charge in [-0.25, -0.2) is 0 Å². The molecule has 1 aliphatic heterocycles.